The Bertz CT molecular complexity index is 577. The summed E-state index contributed by atoms with van der Waals surface area (Å²) in [4.78, 5) is 0. The largest absolute Gasteiger partial charge is 0.387 e. The molecule has 2 rings (SSSR count). The summed E-state index contributed by atoms with van der Waals surface area (Å²) in [5.41, 5.74) is 0.575. The van der Waals surface area contributed by atoms with Crippen molar-refractivity contribution in [1.29, 1.82) is 0 Å². The van der Waals surface area contributed by atoms with Gasteiger partial charge >= 0.3 is 0 Å². The first kappa shape index (κ1) is 16.0. The molecule has 20 heavy (non-hydrogen) atoms. The molecule has 7 heteroatoms. The van der Waals surface area contributed by atoms with Gasteiger partial charge in [-0.3, -0.25) is 0 Å². The Morgan fingerprint density at radius 3 is 2.80 bits per heavy atom. The minimum Gasteiger partial charge on any atom is -0.387 e. The first-order valence-electron chi connectivity index (χ1n) is 6.41. The topological polar surface area (TPSA) is 66.4 Å². The molecular formula is C13H17Cl2NO3S. The molecule has 2 N–H and O–H groups in total. The molecule has 1 fully saturated rings. The summed E-state index contributed by atoms with van der Waals surface area (Å²) in [6.45, 7) is 0.894. The number of aliphatic hydroxyl groups is 1. The van der Waals surface area contributed by atoms with Crippen molar-refractivity contribution in [2.75, 3.05) is 24.6 Å². The van der Waals surface area contributed by atoms with E-state index in [1.807, 2.05) is 0 Å². The summed E-state index contributed by atoms with van der Waals surface area (Å²) < 4.78 is 22.7. The van der Waals surface area contributed by atoms with Crippen LogP contribution in [0.15, 0.2) is 18.2 Å². The number of aliphatic hydroxyl groups excluding tert-OH is 1. The van der Waals surface area contributed by atoms with Crippen LogP contribution in [0, 0.1) is 5.92 Å². The number of nitrogens with one attached hydrogen (secondary N) is 1. The van der Waals surface area contributed by atoms with E-state index in [1.54, 1.807) is 18.2 Å². The molecular weight excluding hydrogens is 321 g/mol. The average Bonchev–Trinajstić information content (AvgIpc) is 2.72. The number of rotatable bonds is 5. The van der Waals surface area contributed by atoms with Gasteiger partial charge in [0.05, 0.1) is 17.6 Å². The van der Waals surface area contributed by atoms with Crippen LogP contribution >= 0.6 is 23.2 Å². The molecule has 4 nitrogen and oxygen atoms in total. The fraction of sp³-hybridized carbons (Fsp3) is 0.538. The fourth-order valence-corrected chi connectivity index (χ4v) is 4.62. The number of sulfone groups is 1. The predicted octanol–water partition coefficient (Wildman–Crippen LogP) is 2.05. The van der Waals surface area contributed by atoms with Gasteiger partial charge in [0.1, 0.15) is 0 Å². The zero-order valence-electron chi connectivity index (χ0n) is 10.9. The molecule has 1 aliphatic heterocycles. The van der Waals surface area contributed by atoms with E-state index in [2.05, 4.69) is 5.32 Å². The molecule has 0 saturated carbocycles. The number of hydrogen-bond acceptors (Lipinski definition) is 4. The van der Waals surface area contributed by atoms with E-state index < -0.39 is 15.9 Å². The van der Waals surface area contributed by atoms with Gasteiger partial charge in [-0.2, -0.15) is 0 Å². The van der Waals surface area contributed by atoms with E-state index in [1.165, 1.54) is 0 Å². The minimum absolute atomic E-state index is 0.127. The average molecular weight is 338 g/mol. The molecule has 112 valence electrons. The Balaban J connectivity index is 1.84. The maximum atomic E-state index is 11.3. The highest BCUT2D eigenvalue weighted by Gasteiger charge is 2.27. The monoisotopic (exact) mass is 337 g/mol. The second kappa shape index (κ2) is 6.62. The van der Waals surface area contributed by atoms with Crippen molar-refractivity contribution in [3.05, 3.63) is 33.8 Å². The third-order valence-corrected chi connectivity index (χ3v) is 5.83. The fourth-order valence-electron chi connectivity index (χ4n) is 2.34. The standard InChI is InChI=1S/C13H17Cl2NO3S/c14-10-1-2-12(15)11(5-10)13(17)7-16-6-9-3-4-20(18,19)8-9/h1-2,5,9,13,16-17H,3-4,6-8H2. The third-order valence-electron chi connectivity index (χ3n) is 3.41. The molecule has 1 aromatic rings. The molecule has 0 spiro atoms. The first-order valence-corrected chi connectivity index (χ1v) is 8.99. The van der Waals surface area contributed by atoms with Crippen LogP contribution in [0.4, 0.5) is 0 Å². The molecule has 0 aromatic heterocycles. The lowest BCUT2D eigenvalue weighted by molar-refractivity contribution is 0.173. The Morgan fingerprint density at radius 2 is 2.15 bits per heavy atom. The van der Waals surface area contributed by atoms with Gasteiger partial charge in [0.15, 0.2) is 9.84 Å². The zero-order chi connectivity index (χ0) is 14.8. The van der Waals surface area contributed by atoms with Crippen LogP contribution in [-0.2, 0) is 9.84 Å². The van der Waals surface area contributed by atoms with Crippen molar-refractivity contribution in [3.8, 4) is 0 Å². The summed E-state index contributed by atoms with van der Waals surface area (Å²) >= 11 is 11.9. The molecule has 0 radical (unpaired) electrons. The molecule has 1 aliphatic rings. The molecule has 2 unspecified atom stereocenters. The van der Waals surface area contributed by atoms with Crippen LogP contribution in [0.5, 0.6) is 0 Å². The normalized spacial score (nSPS) is 22.9. The summed E-state index contributed by atoms with van der Waals surface area (Å²) in [6.07, 6.45) is -0.0807. The highest BCUT2D eigenvalue weighted by Crippen LogP contribution is 2.26. The Hall–Kier alpha value is -0.330. The lowest BCUT2D eigenvalue weighted by atomic mass is 10.1. The van der Waals surface area contributed by atoms with Crippen molar-refractivity contribution in [2.24, 2.45) is 5.92 Å². The predicted molar refractivity (Wildman–Crippen MR) is 81.1 cm³/mol. The van der Waals surface area contributed by atoms with Crippen LogP contribution in [0.2, 0.25) is 10.0 Å². The first-order chi connectivity index (χ1) is 9.37. The number of hydrogen-bond donors (Lipinski definition) is 2. The SMILES string of the molecule is O=S1(=O)CCC(CNCC(O)c2cc(Cl)ccc2Cl)C1. The molecule has 0 amide bonds. The van der Waals surface area contributed by atoms with E-state index >= 15 is 0 Å². The van der Waals surface area contributed by atoms with Crippen molar-refractivity contribution < 1.29 is 13.5 Å². The molecule has 1 heterocycles. The van der Waals surface area contributed by atoms with Crippen molar-refractivity contribution in [3.63, 3.8) is 0 Å². The molecule has 2 atom stereocenters. The van der Waals surface area contributed by atoms with Crippen LogP contribution in [0.25, 0.3) is 0 Å². The van der Waals surface area contributed by atoms with Crippen LogP contribution in [0.3, 0.4) is 0 Å². The van der Waals surface area contributed by atoms with Gasteiger partial charge in [0.2, 0.25) is 0 Å². The number of benzene rings is 1. The second-order valence-corrected chi connectivity index (χ2v) is 8.18. The van der Waals surface area contributed by atoms with Gasteiger partial charge in [-0.25, -0.2) is 8.42 Å². The van der Waals surface area contributed by atoms with Crippen LogP contribution in [0.1, 0.15) is 18.1 Å². The number of halogens is 2. The summed E-state index contributed by atoms with van der Waals surface area (Å²) in [6, 6.07) is 4.94. The van der Waals surface area contributed by atoms with Crippen LogP contribution in [-0.4, -0.2) is 38.1 Å². The van der Waals surface area contributed by atoms with Crippen molar-refractivity contribution in [2.45, 2.75) is 12.5 Å². The van der Waals surface area contributed by atoms with Gasteiger partial charge in [-0.1, -0.05) is 23.2 Å². The quantitative estimate of drug-likeness (QED) is 0.862. The molecule has 1 saturated heterocycles. The molecule has 1 aromatic carbocycles. The maximum absolute atomic E-state index is 11.3. The summed E-state index contributed by atoms with van der Waals surface area (Å²) in [7, 11) is -2.85. The highest BCUT2D eigenvalue weighted by atomic mass is 35.5. The van der Waals surface area contributed by atoms with E-state index in [-0.39, 0.29) is 17.4 Å². The van der Waals surface area contributed by atoms with E-state index in [0.717, 1.165) is 0 Å². The second-order valence-electron chi connectivity index (χ2n) is 5.11. The molecule has 0 bridgehead atoms. The van der Waals surface area contributed by atoms with Crippen molar-refractivity contribution >= 4 is 33.0 Å². The smallest absolute Gasteiger partial charge is 0.150 e. The third kappa shape index (κ3) is 4.33. The van der Waals surface area contributed by atoms with Crippen molar-refractivity contribution in [1.82, 2.24) is 5.32 Å². The Kier molecular flexibility index (Phi) is 5.31. The van der Waals surface area contributed by atoms with E-state index in [4.69, 9.17) is 23.2 Å². The summed E-state index contributed by atoms with van der Waals surface area (Å²) in [5, 5.41) is 14.2. The summed E-state index contributed by atoms with van der Waals surface area (Å²) in [5.74, 6) is 0.623. The lowest BCUT2D eigenvalue weighted by Gasteiger charge is -2.15. The Labute approximate surface area is 129 Å². The van der Waals surface area contributed by atoms with Gasteiger partial charge in [0.25, 0.3) is 0 Å². The lowest BCUT2D eigenvalue weighted by Crippen LogP contribution is -2.28. The maximum Gasteiger partial charge on any atom is 0.150 e. The van der Waals surface area contributed by atoms with Gasteiger partial charge in [-0.15, -0.1) is 0 Å². The van der Waals surface area contributed by atoms with E-state index in [9.17, 15) is 13.5 Å². The van der Waals surface area contributed by atoms with Gasteiger partial charge < -0.3 is 10.4 Å². The van der Waals surface area contributed by atoms with Crippen LogP contribution < -0.4 is 5.32 Å². The highest BCUT2D eigenvalue weighted by molar-refractivity contribution is 7.91. The minimum atomic E-state index is -2.85. The Morgan fingerprint density at radius 1 is 1.40 bits per heavy atom. The van der Waals surface area contributed by atoms with E-state index in [0.29, 0.717) is 35.1 Å². The van der Waals surface area contributed by atoms with Gasteiger partial charge in [-0.05, 0) is 37.1 Å². The molecule has 0 aliphatic carbocycles. The van der Waals surface area contributed by atoms with Gasteiger partial charge in [0, 0.05) is 22.2 Å². The zero-order valence-corrected chi connectivity index (χ0v) is 13.2.